The number of ether oxygens (including phenoxy) is 2. The molecular weight excluding hydrogens is 528 g/mol. The monoisotopic (exact) mass is 566 g/mol. The molecule has 3 aromatic rings. The van der Waals surface area contributed by atoms with E-state index in [4.69, 9.17) is 9.47 Å². The highest BCUT2D eigenvalue weighted by molar-refractivity contribution is 6.04. The summed E-state index contributed by atoms with van der Waals surface area (Å²) in [7, 11) is 7.09. The molecule has 1 saturated heterocycles. The van der Waals surface area contributed by atoms with Crippen LogP contribution in [0.25, 0.3) is 11.1 Å². The van der Waals surface area contributed by atoms with Gasteiger partial charge in [0.15, 0.2) is 0 Å². The second-order valence-electron chi connectivity index (χ2n) is 10.0. The second kappa shape index (κ2) is 14.2. The van der Waals surface area contributed by atoms with Gasteiger partial charge in [-0.2, -0.15) is 0 Å². The molecule has 0 radical (unpaired) electrons. The molecule has 0 aromatic heterocycles. The number of nitrogens with zero attached hydrogens (tertiary/aromatic N) is 3. The van der Waals surface area contributed by atoms with E-state index in [9.17, 15) is 9.59 Å². The van der Waals surface area contributed by atoms with Crippen LogP contribution in [0.5, 0.6) is 5.75 Å². The Morgan fingerprint density at radius 1 is 0.950 bits per heavy atom. The molecule has 8 nitrogen and oxygen atoms in total. The Kier molecular flexibility index (Phi) is 11.0. The summed E-state index contributed by atoms with van der Waals surface area (Å²) in [6.07, 6.45) is 0. The number of halogens is 1. The number of carbonyl (C=O) groups excluding carboxylic acids is 2. The maximum absolute atomic E-state index is 13.1. The molecule has 0 bridgehead atoms. The Bertz CT molecular complexity index is 1310. The molecule has 0 unspecified atom stereocenters. The fourth-order valence-electron chi connectivity index (χ4n) is 4.81. The number of likely N-dealkylation sites (N-methyl/N-ethyl adjacent to an activating group) is 2. The van der Waals surface area contributed by atoms with Gasteiger partial charge in [0.1, 0.15) is 12.4 Å². The number of nitrogens with one attached hydrogen (secondary N) is 1. The normalized spacial score (nSPS) is 13.4. The number of hydrogen-bond donors (Lipinski definition) is 1. The summed E-state index contributed by atoms with van der Waals surface area (Å²) in [6, 6.07) is 19.6. The lowest BCUT2D eigenvalue weighted by atomic mass is 9.97. The van der Waals surface area contributed by atoms with Gasteiger partial charge in [-0.3, -0.25) is 9.59 Å². The second-order valence-corrected chi connectivity index (χ2v) is 10.0. The van der Waals surface area contributed by atoms with E-state index in [0.717, 1.165) is 65.6 Å². The molecule has 2 amide bonds. The van der Waals surface area contributed by atoms with E-state index in [1.165, 1.54) is 7.11 Å². The number of aryl methyl sites for hydroxylation is 1. The molecule has 1 aliphatic heterocycles. The summed E-state index contributed by atoms with van der Waals surface area (Å²) in [4.78, 5) is 31.3. The van der Waals surface area contributed by atoms with Crippen LogP contribution in [0.1, 0.15) is 21.5 Å². The molecule has 0 atom stereocenters. The van der Waals surface area contributed by atoms with E-state index >= 15 is 0 Å². The minimum absolute atomic E-state index is 0. The third kappa shape index (κ3) is 7.53. The van der Waals surface area contributed by atoms with E-state index in [2.05, 4.69) is 41.2 Å². The summed E-state index contributed by atoms with van der Waals surface area (Å²) in [6.45, 7) is 6.44. The third-order valence-electron chi connectivity index (χ3n) is 7.14. The van der Waals surface area contributed by atoms with Gasteiger partial charge < -0.3 is 29.5 Å². The lowest BCUT2D eigenvalue weighted by Gasteiger charge is -2.34. The molecule has 0 spiro atoms. The van der Waals surface area contributed by atoms with Crippen molar-refractivity contribution in [1.82, 2.24) is 9.80 Å². The maximum Gasteiger partial charge on any atom is 0.255 e. The highest BCUT2D eigenvalue weighted by Crippen LogP contribution is 2.32. The highest BCUT2D eigenvalue weighted by atomic mass is 35.5. The predicted octanol–water partition coefficient (Wildman–Crippen LogP) is 4.70. The van der Waals surface area contributed by atoms with Crippen molar-refractivity contribution in [2.75, 3.05) is 71.3 Å². The molecule has 9 heteroatoms. The molecule has 4 rings (SSSR count). The van der Waals surface area contributed by atoms with Gasteiger partial charge in [-0.15, -0.1) is 12.4 Å². The Hall–Kier alpha value is -3.59. The lowest BCUT2D eigenvalue weighted by molar-refractivity contribution is -0.134. The van der Waals surface area contributed by atoms with Crippen molar-refractivity contribution in [3.63, 3.8) is 0 Å². The Balaban J connectivity index is 0.00000441. The minimum Gasteiger partial charge on any atom is -0.495 e. The van der Waals surface area contributed by atoms with Crippen LogP contribution >= 0.6 is 12.4 Å². The summed E-state index contributed by atoms with van der Waals surface area (Å²) >= 11 is 0. The SMILES string of the molecule is COCC(=O)N(C)Cc1ccc(-c2ccc(C(=O)Nc3ccc(OC)c(N4CCN(C)CC4)c3)cc2)c(C)c1.Cl. The van der Waals surface area contributed by atoms with Crippen LogP contribution in [0.4, 0.5) is 11.4 Å². The van der Waals surface area contributed by atoms with Crippen molar-refractivity contribution in [3.05, 3.63) is 77.4 Å². The van der Waals surface area contributed by atoms with E-state index in [-0.39, 0.29) is 30.8 Å². The maximum atomic E-state index is 13.1. The number of methoxy groups -OCH3 is 2. The largest absolute Gasteiger partial charge is 0.495 e. The van der Waals surface area contributed by atoms with E-state index in [0.29, 0.717) is 12.1 Å². The molecule has 1 N–H and O–H groups in total. The highest BCUT2D eigenvalue weighted by Gasteiger charge is 2.19. The first-order chi connectivity index (χ1) is 18.8. The molecule has 1 heterocycles. The van der Waals surface area contributed by atoms with Crippen LogP contribution < -0.4 is 15.0 Å². The van der Waals surface area contributed by atoms with Crippen molar-refractivity contribution >= 4 is 35.6 Å². The van der Waals surface area contributed by atoms with E-state index < -0.39 is 0 Å². The number of carbonyl (C=O) groups is 2. The van der Waals surface area contributed by atoms with Crippen molar-refractivity contribution in [1.29, 1.82) is 0 Å². The zero-order valence-corrected chi connectivity index (χ0v) is 24.7. The van der Waals surface area contributed by atoms with Crippen molar-refractivity contribution < 1.29 is 19.1 Å². The summed E-state index contributed by atoms with van der Waals surface area (Å²) in [5.74, 6) is 0.585. The number of benzene rings is 3. The first-order valence-corrected chi connectivity index (χ1v) is 13.1. The predicted molar refractivity (Wildman–Crippen MR) is 163 cm³/mol. The zero-order valence-electron chi connectivity index (χ0n) is 23.9. The number of rotatable bonds is 9. The molecule has 3 aromatic carbocycles. The molecular formula is C31H39ClN4O4. The lowest BCUT2D eigenvalue weighted by Crippen LogP contribution is -2.44. The number of hydrogen-bond acceptors (Lipinski definition) is 6. The van der Waals surface area contributed by atoms with Crippen LogP contribution in [-0.2, 0) is 16.1 Å². The van der Waals surface area contributed by atoms with E-state index in [1.807, 2.05) is 48.5 Å². The number of amides is 2. The summed E-state index contributed by atoms with van der Waals surface area (Å²) in [5, 5.41) is 3.04. The Morgan fingerprint density at radius 2 is 1.65 bits per heavy atom. The topological polar surface area (TPSA) is 74.3 Å². The quantitative estimate of drug-likeness (QED) is 0.405. The van der Waals surface area contributed by atoms with Gasteiger partial charge in [-0.25, -0.2) is 0 Å². The van der Waals surface area contributed by atoms with Crippen LogP contribution in [0, 0.1) is 6.92 Å². The Labute approximate surface area is 243 Å². The van der Waals surface area contributed by atoms with E-state index in [1.54, 1.807) is 19.1 Å². The van der Waals surface area contributed by atoms with Crippen LogP contribution in [0.2, 0.25) is 0 Å². The molecule has 1 aliphatic rings. The molecule has 40 heavy (non-hydrogen) atoms. The van der Waals surface area contributed by atoms with Crippen molar-refractivity contribution in [3.8, 4) is 16.9 Å². The standard InChI is InChI=1S/C31H38N4O4.ClH/c1-22-18-23(20-34(3)30(36)21-38-4)6-12-27(22)24-7-9-25(10-8-24)31(37)32-26-11-13-29(39-5)28(19-26)35-16-14-33(2)15-17-35;/h6-13,18-19H,14-17,20-21H2,1-5H3,(H,32,37);1H. The van der Waals surface area contributed by atoms with Gasteiger partial charge in [0.05, 0.1) is 12.8 Å². The molecule has 0 aliphatic carbocycles. The van der Waals surface area contributed by atoms with Gasteiger partial charge in [0.2, 0.25) is 5.91 Å². The third-order valence-corrected chi connectivity index (χ3v) is 7.14. The summed E-state index contributed by atoms with van der Waals surface area (Å²) in [5.41, 5.74) is 6.58. The minimum atomic E-state index is -0.160. The van der Waals surface area contributed by atoms with Gasteiger partial charge in [0, 0.05) is 58.1 Å². The fraction of sp³-hybridized carbons (Fsp3) is 0.355. The number of piperazine rings is 1. The Morgan fingerprint density at radius 3 is 2.27 bits per heavy atom. The molecule has 0 saturated carbocycles. The smallest absolute Gasteiger partial charge is 0.255 e. The van der Waals surface area contributed by atoms with Crippen molar-refractivity contribution in [2.45, 2.75) is 13.5 Å². The average molecular weight is 567 g/mol. The van der Waals surface area contributed by atoms with Gasteiger partial charge in [0.25, 0.3) is 5.91 Å². The van der Waals surface area contributed by atoms with Gasteiger partial charge in [-0.05, 0) is 66.6 Å². The average Bonchev–Trinajstić information content (AvgIpc) is 2.94. The molecule has 214 valence electrons. The first kappa shape index (κ1) is 30.9. The molecule has 1 fully saturated rings. The van der Waals surface area contributed by atoms with Crippen LogP contribution in [0.15, 0.2) is 60.7 Å². The number of anilines is 2. The van der Waals surface area contributed by atoms with Gasteiger partial charge >= 0.3 is 0 Å². The van der Waals surface area contributed by atoms with Crippen LogP contribution in [0.3, 0.4) is 0 Å². The van der Waals surface area contributed by atoms with Crippen LogP contribution in [-0.4, -0.2) is 82.7 Å². The zero-order chi connectivity index (χ0) is 27.9. The van der Waals surface area contributed by atoms with Crippen molar-refractivity contribution in [2.24, 2.45) is 0 Å². The summed E-state index contributed by atoms with van der Waals surface area (Å²) < 4.78 is 10.5. The van der Waals surface area contributed by atoms with Gasteiger partial charge in [-0.1, -0.05) is 30.3 Å². The fourth-order valence-corrected chi connectivity index (χ4v) is 4.81. The first-order valence-electron chi connectivity index (χ1n) is 13.1.